The molecule has 1 fully saturated rings. The van der Waals surface area contributed by atoms with E-state index in [-0.39, 0.29) is 0 Å². The molecule has 1 saturated heterocycles. The van der Waals surface area contributed by atoms with Crippen LogP contribution in [0.4, 0.5) is 11.6 Å². The number of hydrogen-bond donors (Lipinski definition) is 1. The molecule has 1 aromatic carbocycles. The molecule has 2 aromatic heterocycles. The highest BCUT2D eigenvalue weighted by Crippen LogP contribution is 2.26. The Morgan fingerprint density at radius 3 is 2.33 bits per heavy atom. The lowest BCUT2D eigenvalue weighted by molar-refractivity contribution is 0.222. The van der Waals surface area contributed by atoms with Crippen LogP contribution in [0.1, 0.15) is 5.56 Å². The Hall–Kier alpha value is -2.82. The van der Waals surface area contributed by atoms with Crippen molar-refractivity contribution in [1.29, 1.82) is 0 Å². The molecule has 0 radical (unpaired) electrons. The van der Waals surface area contributed by atoms with Crippen molar-refractivity contribution in [3.8, 4) is 11.3 Å². The minimum absolute atomic E-state index is 0.302. The van der Waals surface area contributed by atoms with E-state index < -0.39 is 10.0 Å². The second-order valence-electron chi connectivity index (χ2n) is 7.48. The molecule has 1 aliphatic heterocycles. The summed E-state index contributed by atoms with van der Waals surface area (Å²) in [5.41, 5.74) is 3.28. The van der Waals surface area contributed by atoms with E-state index in [9.17, 15) is 8.42 Å². The number of aryl methyl sites for hydroxylation is 2. The maximum Gasteiger partial charge on any atom is 0.243 e. The highest BCUT2D eigenvalue weighted by molar-refractivity contribution is 7.89. The highest BCUT2D eigenvalue weighted by atomic mass is 32.2. The molecular formula is C20H25N7O2S. The zero-order chi connectivity index (χ0) is 21.3. The number of piperazine rings is 1. The molecule has 9 nitrogen and oxygen atoms in total. The van der Waals surface area contributed by atoms with Gasteiger partial charge in [0, 0.05) is 51.2 Å². The van der Waals surface area contributed by atoms with Crippen LogP contribution in [0.3, 0.4) is 0 Å². The van der Waals surface area contributed by atoms with Gasteiger partial charge >= 0.3 is 0 Å². The molecule has 0 aliphatic carbocycles. The van der Waals surface area contributed by atoms with E-state index in [1.165, 1.54) is 0 Å². The number of hydrogen-bond acceptors (Lipinski definition) is 7. The first-order chi connectivity index (χ1) is 14.3. The van der Waals surface area contributed by atoms with Crippen molar-refractivity contribution in [1.82, 2.24) is 29.0 Å². The topological polar surface area (TPSA) is 96.2 Å². The fourth-order valence-electron chi connectivity index (χ4n) is 3.37. The molecule has 10 heteroatoms. The molecule has 0 bridgehead atoms. The van der Waals surface area contributed by atoms with E-state index in [2.05, 4.69) is 25.3 Å². The van der Waals surface area contributed by atoms with Crippen molar-refractivity contribution >= 4 is 21.7 Å². The molecule has 0 atom stereocenters. The average molecular weight is 428 g/mol. The van der Waals surface area contributed by atoms with Crippen LogP contribution in [0, 0.1) is 6.92 Å². The maximum atomic E-state index is 12.9. The largest absolute Gasteiger partial charge is 0.321 e. The fourth-order valence-corrected chi connectivity index (χ4v) is 4.79. The van der Waals surface area contributed by atoms with Gasteiger partial charge in [0.2, 0.25) is 16.0 Å². The predicted octanol–water partition coefficient (Wildman–Crippen LogP) is 1.87. The van der Waals surface area contributed by atoms with Crippen LogP contribution in [0.5, 0.6) is 0 Å². The first-order valence-electron chi connectivity index (χ1n) is 9.71. The lowest BCUT2D eigenvalue weighted by Gasteiger charge is -2.31. The summed E-state index contributed by atoms with van der Waals surface area (Å²) in [5, 5.41) is 7.25. The molecule has 1 N–H and O–H groups in total. The Morgan fingerprint density at radius 1 is 1.00 bits per heavy atom. The summed E-state index contributed by atoms with van der Waals surface area (Å²) in [6.07, 6.45) is 5.28. The van der Waals surface area contributed by atoms with E-state index in [1.807, 2.05) is 27.2 Å². The monoisotopic (exact) mass is 427 g/mol. The summed E-state index contributed by atoms with van der Waals surface area (Å²) in [4.78, 5) is 11.4. The Bertz CT molecular complexity index is 1130. The van der Waals surface area contributed by atoms with E-state index in [0.29, 0.717) is 23.9 Å². The van der Waals surface area contributed by atoms with Crippen LogP contribution >= 0.6 is 0 Å². The molecular weight excluding hydrogens is 402 g/mol. The minimum atomic E-state index is -3.49. The van der Waals surface area contributed by atoms with E-state index in [4.69, 9.17) is 0 Å². The maximum absolute atomic E-state index is 12.9. The smallest absolute Gasteiger partial charge is 0.243 e. The predicted molar refractivity (Wildman–Crippen MR) is 115 cm³/mol. The number of likely N-dealkylation sites (N-methyl/N-ethyl adjacent to an activating group) is 1. The normalized spacial score (nSPS) is 16.0. The quantitative estimate of drug-likeness (QED) is 0.664. The van der Waals surface area contributed by atoms with Gasteiger partial charge in [-0.1, -0.05) is 12.1 Å². The Balaban J connectivity index is 1.57. The van der Waals surface area contributed by atoms with Gasteiger partial charge in [0.1, 0.15) is 0 Å². The third kappa shape index (κ3) is 4.20. The van der Waals surface area contributed by atoms with Gasteiger partial charge in [0.05, 0.1) is 22.5 Å². The van der Waals surface area contributed by atoms with Crippen LogP contribution in [0.25, 0.3) is 11.3 Å². The van der Waals surface area contributed by atoms with Crippen molar-refractivity contribution in [3.05, 3.63) is 48.4 Å². The summed E-state index contributed by atoms with van der Waals surface area (Å²) in [6.45, 7) is 4.43. The second kappa shape index (κ2) is 8.13. The summed E-state index contributed by atoms with van der Waals surface area (Å²) >= 11 is 0. The van der Waals surface area contributed by atoms with Gasteiger partial charge in [-0.3, -0.25) is 4.68 Å². The zero-order valence-corrected chi connectivity index (χ0v) is 18.1. The van der Waals surface area contributed by atoms with Gasteiger partial charge < -0.3 is 10.2 Å². The minimum Gasteiger partial charge on any atom is -0.321 e. The molecule has 0 unspecified atom stereocenters. The number of nitrogens with one attached hydrogen (secondary N) is 1. The first kappa shape index (κ1) is 20.5. The Morgan fingerprint density at radius 2 is 1.70 bits per heavy atom. The van der Waals surface area contributed by atoms with E-state index in [1.54, 1.807) is 45.6 Å². The van der Waals surface area contributed by atoms with Crippen molar-refractivity contribution in [2.45, 2.75) is 11.8 Å². The van der Waals surface area contributed by atoms with Gasteiger partial charge in [-0.25, -0.2) is 18.4 Å². The van der Waals surface area contributed by atoms with Crippen LogP contribution in [-0.2, 0) is 17.1 Å². The van der Waals surface area contributed by atoms with Crippen LogP contribution < -0.4 is 5.32 Å². The van der Waals surface area contributed by atoms with Crippen LogP contribution in [0.2, 0.25) is 0 Å². The molecule has 158 valence electrons. The molecule has 1 aliphatic rings. The van der Waals surface area contributed by atoms with Crippen LogP contribution in [-0.4, -0.2) is 70.6 Å². The SMILES string of the molecule is Cc1cnc(Nc2cnn(C)c2)nc1-c1ccc(S(=O)(=O)N2CCN(C)CC2)cc1. The van der Waals surface area contributed by atoms with Gasteiger partial charge in [-0.2, -0.15) is 9.40 Å². The third-order valence-electron chi connectivity index (χ3n) is 5.16. The number of anilines is 2. The second-order valence-corrected chi connectivity index (χ2v) is 9.42. The lowest BCUT2D eigenvalue weighted by Crippen LogP contribution is -2.46. The number of sulfonamides is 1. The van der Waals surface area contributed by atoms with Gasteiger partial charge in [0.15, 0.2) is 0 Å². The summed E-state index contributed by atoms with van der Waals surface area (Å²) in [5.74, 6) is 0.456. The Labute approximate surface area is 176 Å². The standard InChI is InChI=1S/C20H25N7O2S/c1-15-12-21-20(23-17-13-22-26(3)14-17)24-19(15)16-4-6-18(7-5-16)30(28,29)27-10-8-25(2)9-11-27/h4-7,12-14H,8-11H2,1-3H3,(H,21,23,24). The highest BCUT2D eigenvalue weighted by Gasteiger charge is 2.27. The van der Waals surface area contributed by atoms with Crippen molar-refractivity contribution in [2.75, 3.05) is 38.5 Å². The number of benzene rings is 1. The molecule has 0 saturated carbocycles. The zero-order valence-electron chi connectivity index (χ0n) is 17.3. The molecule has 0 amide bonds. The van der Waals surface area contributed by atoms with Gasteiger partial charge in [-0.05, 0) is 31.7 Å². The van der Waals surface area contributed by atoms with Crippen molar-refractivity contribution in [3.63, 3.8) is 0 Å². The molecule has 4 rings (SSSR count). The number of aromatic nitrogens is 4. The van der Waals surface area contributed by atoms with Gasteiger partial charge in [0.25, 0.3) is 0 Å². The van der Waals surface area contributed by atoms with Crippen molar-refractivity contribution < 1.29 is 8.42 Å². The number of nitrogens with zero attached hydrogens (tertiary/aromatic N) is 6. The van der Waals surface area contributed by atoms with Crippen molar-refractivity contribution in [2.24, 2.45) is 7.05 Å². The lowest BCUT2D eigenvalue weighted by atomic mass is 10.1. The van der Waals surface area contributed by atoms with E-state index >= 15 is 0 Å². The molecule has 0 spiro atoms. The molecule has 3 aromatic rings. The Kier molecular flexibility index (Phi) is 5.54. The third-order valence-corrected chi connectivity index (χ3v) is 7.07. The summed E-state index contributed by atoms with van der Waals surface area (Å²) < 4.78 is 29.1. The van der Waals surface area contributed by atoms with E-state index in [0.717, 1.165) is 35.6 Å². The molecule has 3 heterocycles. The fraction of sp³-hybridized carbons (Fsp3) is 0.350. The average Bonchev–Trinajstić information content (AvgIpc) is 3.14. The first-order valence-corrected chi connectivity index (χ1v) is 11.2. The summed E-state index contributed by atoms with van der Waals surface area (Å²) in [6, 6.07) is 6.90. The number of rotatable bonds is 5. The van der Waals surface area contributed by atoms with Crippen LogP contribution in [0.15, 0.2) is 47.8 Å². The molecule has 30 heavy (non-hydrogen) atoms. The van der Waals surface area contributed by atoms with Gasteiger partial charge in [-0.15, -0.1) is 0 Å². The summed E-state index contributed by atoms with van der Waals surface area (Å²) in [7, 11) is 0.349.